The van der Waals surface area contributed by atoms with E-state index in [1.54, 1.807) is 7.11 Å². The van der Waals surface area contributed by atoms with E-state index in [9.17, 15) is 0 Å². The van der Waals surface area contributed by atoms with Gasteiger partial charge in [0, 0.05) is 35.3 Å². The van der Waals surface area contributed by atoms with Crippen molar-refractivity contribution in [1.29, 1.82) is 0 Å². The molecule has 0 atom stereocenters. The average Bonchev–Trinajstić information content (AvgIpc) is 3.28. The van der Waals surface area contributed by atoms with Crippen LogP contribution in [0.5, 0.6) is 17.2 Å². The summed E-state index contributed by atoms with van der Waals surface area (Å²) in [6, 6.07) is 20.6. The van der Waals surface area contributed by atoms with Gasteiger partial charge in [-0.2, -0.15) is 0 Å². The van der Waals surface area contributed by atoms with Crippen LogP contribution in [0.15, 0.2) is 66.9 Å². The Kier molecular flexibility index (Phi) is 4.64. The van der Waals surface area contributed by atoms with Gasteiger partial charge >= 0.3 is 0 Å². The molecular weight excluding hydrogens is 414 g/mol. The summed E-state index contributed by atoms with van der Waals surface area (Å²) in [4.78, 5) is 0. The van der Waals surface area contributed by atoms with Gasteiger partial charge in [0.2, 0.25) is 0 Å². The van der Waals surface area contributed by atoms with Gasteiger partial charge in [0.15, 0.2) is 11.5 Å². The van der Waals surface area contributed by atoms with Gasteiger partial charge in [0.05, 0.1) is 12.6 Å². The van der Waals surface area contributed by atoms with Gasteiger partial charge in [0.25, 0.3) is 0 Å². The Morgan fingerprint density at radius 2 is 1.58 bits per heavy atom. The van der Waals surface area contributed by atoms with Gasteiger partial charge in [-0.05, 0) is 42.8 Å². The first-order chi connectivity index (χ1) is 16.2. The van der Waals surface area contributed by atoms with Crippen LogP contribution in [-0.4, -0.2) is 35.1 Å². The maximum atomic E-state index is 5.87. The fraction of sp³-hybridized carbons (Fsp3) is 0.185. The number of aryl methyl sites for hydroxylation is 1. The summed E-state index contributed by atoms with van der Waals surface area (Å²) >= 11 is 0. The van der Waals surface area contributed by atoms with Crippen LogP contribution in [0.2, 0.25) is 0 Å². The predicted molar refractivity (Wildman–Crippen MR) is 127 cm³/mol. The lowest BCUT2D eigenvalue weighted by atomic mass is 10.0. The number of benzene rings is 3. The minimum atomic E-state index is 0.543. The summed E-state index contributed by atoms with van der Waals surface area (Å²) in [7, 11) is 1.67. The van der Waals surface area contributed by atoms with E-state index >= 15 is 0 Å². The molecule has 0 unspecified atom stereocenters. The molecule has 0 N–H and O–H groups in total. The summed E-state index contributed by atoms with van der Waals surface area (Å²) < 4.78 is 19.3. The van der Waals surface area contributed by atoms with E-state index in [4.69, 9.17) is 14.2 Å². The Morgan fingerprint density at radius 1 is 0.879 bits per heavy atom. The molecule has 0 aromatic heterocycles. The molecule has 0 radical (unpaired) electrons. The second-order valence-corrected chi connectivity index (χ2v) is 8.30. The molecule has 0 fully saturated rings. The number of pyridine rings is 1. The van der Waals surface area contributed by atoms with E-state index < -0.39 is 0 Å². The van der Waals surface area contributed by atoms with Crippen molar-refractivity contribution < 1.29 is 14.2 Å². The number of hydrogen-bond acceptors (Lipinski definition) is 5. The zero-order chi connectivity index (χ0) is 22.4. The van der Waals surface area contributed by atoms with Crippen LogP contribution in [0.1, 0.15) is 11.1 Å². The van der Waals surface area contributed by atoms with Crippen LogP contribution in [0, 0.1) is 6.92 Å². The van der Waals surface area contributed by atoms with Gasteiger partial charge < -0.3 is 18.8 Å². The largest absolute Gasteiger partial charge is 0.497 e. The molecular formula is C27H23N3O3. The lowest BCUT2D eigenvalue weighted by Gasteiger charge is -2.21. The second-order valence-electron chi connectivity index (χ2n) is 8.30. The minimum Gasteiger partial charge on any atom is -0.497 e. The highest BCUT2D eigenvalue weighted by Crippen LogP contribution is 2.42. The molecule has 0 saturated heterocycles. The van der Waals surface area contributed by atoms with Crippen LogP contribution in [0.25, 0.3) is 33.4 Å². The molecule has 3 aromatic rings. The SMILES string of the molecule is COc1ccc(-c2nnc3c4cc5c(cc4n(Cc4ccc(C)cc4)cc2-3)OCCO5)cc1. The highest BCUT2D eigenvalue weighted by Gasteiger charge is 2.23. The van der Waals surface area contributed by atoms with E-state index in [-0.39, 0.29) is 0 Å². The van der Waals surface area contributed by atoms with Crippen molar-refractivity contribution in [3.8, 4) is 39.8 Å². The third-order valence-electron chi connectivity index (χ3n) is 6.11. The van der Waals surface area contributed by atoms with Crippen molar-refractivity contribution in [2.24, 2.45) is 0 Å². The molecule has 0 spiro atoms. The first-order valence-corrected chi connectivity index (χ1v) is 11.0. The molecule has 0 aliphatic carbocycles. The molecule has 0 amide bonds. The Balaban J connectivity index is 1.56. The number of hydrogen-bond donors (Lipinski definition) is 0. The number of aromatic nitrogens is 3. The summed E-state index contributed by atoms with van der Waals surface area (Å²) in [6.07, 6.45) is 2.15. The van der Waals surface area contributed by atoms with Crippen molar-refractivity contribution in [3.05, 3.63) is 78.0 Å². The molecule has 3 aliphatic heterocycles. The minimum absolute atomic E-state index is 0.543. The molecule has 164 valence electrons. The van der Waals surface area contributed by atoms with Gasteiger partial charge in [-0.15, -0.1) is 10.2 Å². The second kappa shape index (κ2) is 7.81. The van der Waals surface area contributed by atoms with Gasteiger partial charge in [-0.3, -0.25) is 0 Å². The molecule has 0 bridgehead atoms. The standard InChI is InChI=1S/C27H23N3O3/c1-17-3-5-18(6-4-17)15-30-16-22-26(19-7-9-20(31-2)10-8-19)28-29-27(22)21-13-24-25(14-23(21)30)33-12-11-32-24/h3-10,13-14,16H,11-12,15H2,1-2H3. The molecule has 33 heavy (non-hydrogen) atoms. The van der Waals surface area contributed by atoms with Crippen LogP contribution < -0.4 is 14.2 Å². The maximum absolute atomic E-state index is 5.87. The van der Waals surface area contributed by atoms with Crippen molar-refractivity contribution >= 4 is 10.9 Å². The molecule has 3 aromatic carbocycles. The van der Waals surface area contributed by atoms with Crippen molar-refractivity contribution in [2.45, 2.75) is 13.5 Å². The Labute approximate surface area is 191 Å². The third kappa shape index (κ3) is 3.44. The van der Waals surface area contributed by atoms with Crippen molar-refractivity contribution in [1.82, 2.24) is 14.8 Å². The van der Waals surface area contributed by atoms with E-state index in [1.807, 2.05) is 30.3 Å². The molecule has 3 aliphatic rings. The molecule has 6 nitrogen and oxygen atoms in total. The van der Waals surface area contributed by atoms with E-state index in [2.05, 4.69) is 58.2 Å². The first kappa shape index (κ1) is 19.6. The zero-order valence-electron chi connectivity index (χ0n) is 18.5. The summed E-state index contributed by atoms with van der Waals surface area (Å²) in [5, 5.41) is 10.1. The van der Waals surface area contributed by atoms with Crippen LogP contribution >= 0.6 is 0 Å². The predicted octanol–water partition coefficient (Wildman–Crippen LogP) is 5.34. The van der Waals surface area contributed by atoms with Crippen molar-refractivity contribution in [3.63, 3.8) is 0 Å². The van der Waals surface area contributed by atoms with Crippen LogP contribution in [0.3, 0.4) is 0 Å². The summed E-state index contributed by atoms with van der Waals surface area (Å²) in [5.41, 5.74) is 7.20. The van der Waals surface area contributed by atoms with Gasteiger partial charge in [-0.25, -0.2) is 0 Å². The topological polar surface area (TPSA) is 58.4 Å². The number of ether oxygens (including phenoxy) is 3. The van der Waals surface area contributed by atoms with Crippen LogP contribution in [0.4, 0.5) is 0 Å². The highest BCUT2D eigenvalue weighted by molar-refractivity contribution is 5.99. The fourth-order valence-corrected chi connectivity index (χ4v) is 4.35. The summed E-state index contributed by atoms with van der Waals surface area (Å²) in [6.45, 7) is 3.92. The first-order valence-electron chi connectivity index (χ1n) is 11.0. The van der Waals surface area contributed by atoms with Crippen molar-refractivity contribution in [2.75, 3.05) is 20.3 Å². The van der Waals surface area contributed by atoms with E-state index in [0.717, 1.165) is 57.2 Å². The van der Waals surface area contributed by atoms with Crippen LogP contribution in [-0.2, 0) is 6.54 Å². The van der Waals surface area contributed by atoms with E-state index in [0.29, 0.717) is 13.2 Å². The van der Waals surface area contributed by atoms with Gasteiger partial charge in [-0.1, -0.05) is 29.8 Å². The number of nitrogens with zero attached hydrogens (tertiary/aromatic N) is 3. The maximum Gasteiger partial charge on any atom is 0.163 e. The quantitative estimate of drug-likeness (QED) is 0.380. The normalized spacial score (nSPS) is 12.9. The third-order valence-corrected chi connectivity index (χ3v) is 6.11. The number of fused-ring (bicyclic) bond motifs is 4. The average molecular weight is 437 g/mol. The van der Waals surface area contributed by atoms with Gasteiger partial charge in [0.1, 0.15) is 30.4 Å². The Morgan fingerprint density at radius 3 is 2.30 bits per heavy atom. The zero-order valence-corrected chi connectivity index (χ0v) is 18.5. The lowest BCUT2D eigenvalue weighted by molar-refractivity contribution is 0.172. The number of methoxy groups -OCH3 is 1. The molecule has 6 rings (SSSR count). The summed E-state index contributed by atoms with van der Waals surface area (Å²) in [5.74, 6) is 2.32. The lowest BCUT2D eigenvalue weighted by Crippen LogP contribution is -2.15. The smallest absolute Gasteiger partial charge is 0.163 e. The molecule has 0 saturated carbocycles. The van der Waals surface area contributed by atoms with E-state index in [1.165, 1.54) is 11.1 Å². The Bertz CT molecular complexity index is 1420. The monoisotopic (exact) mass is 437 g/mol. The Hall–Kier alpha value is -4.06. The molecule has 3 heterocycles. The highest BCUT2D eigenvalue weighted by atomic mass is 16.6. The fourth-order valence-electron chi connectivity index (χ4n) is 4.35. The number of rotatable bonds is 4. The molecule has 6 heteroatoms.